The molecule has 0 fully saturated rings. The highest BCUT2D eigenvalue weighted by Gasteiger charge is 2.17. The van der Waals surface area contributed by atoms with Gasteiger partial charge < -0.3 is 5.32 Å². The van der Waals surface area contributed by atoms with E-state index in [0.717, 1.165) is 11.1 Å². The maximum atomic E-state index is 12.9. The van der Waals surface area contributed by atoms with Gasteiger partial charge in [-0.2, -0.15) is 9.78 Å². The van der Waals surface area contributed by atoms with Crippen molar-refractivity contribution in [1.82, 2.24) is 15.1 Å². The van der Waals surface area contributed by atoms with Crippen LogP contribution in [0.25, 0.3) is 16.5 Å². The fourth-order valence-corrected chi connectivity index (χ4v) is 3.17. The minimum Gasteiger partial charge on any atom is -0.347 e. The molecule has 3 aromatic carbocycles. The average Bonchev–Trinajstić information content (AvgIpc) is 2.74. The Kier molecular flexibility index (Phi) is 4.72. The molecule has 0 saturated carbocycles. The van der Waals surface area contributed by atoms with Crippen LogP contribution in [-0.2, 0) is 6.54 Å². The monoisotopic (exact) mass is 369 g/mol. The molecule has 1 heterocycles. The minimum absolute atomic E-state index is 0.229. The van der Waals surface area contributed by atoms with Gasteiger partial charge in [-0.05, 0) is 36.2 Å². The number of rotatable bonds is 4. The number of aromatic nitrogens is 2. The van der Waals surface area contributed by atoms with Crippen molar-refractivity contribution in [2.45, 2.75) is 13.5 Å². The molecule has 5 heteroatoms. The van der Waals surface area contributed by atoms with Gasteiger partial charge in [0.1, 0.15) is 0 Å². The largest absolute Gasteiger partial charge is 0.347 e. The third-order valence-electron chi connectivity index (χ3n) is 4.72. The van der Waals surface area contributed by atoms with Crippen LogP contribution < -0.4 is 10.9 Å². The Morgan fingerprint density at radius 1 is 0.893 bits per heavy atom. The molecule has 0 spiro atoms. The quantitative estimate of drug-likeness (QED) is 0.597. The van der Waals surface area contributed by atoms with Crippen LogP contribution in [0, 0.1) is 6.92 Å². The highest BCUT2D eigenvalue weighted by atomic mass is 16.2. The number of para-hydroxylation sites is 1. The van der Waals surface area contributed by atoms with E-state index in [1.54, 1.807) is 36.4 Å². The molecule has 0 unspecified atom stereocenters. The van der Waals surface area contributed by atoms with Crippen molar-refractivity contribution in [2.24, 2.45) is 0 Å². The fourth-order valence-electron chi connectivity index (χ4n) is 3.17. The molecule has 0 saturated heterocycles. The maximum Gasteiger partial charge on any atom is 0.279 e. The second-order valence-electron chi connectivity index (χ2n) is 6.56. The Morgan fingerprint density at radius 2 is 1.54 bits per heavy atom. The standard InChI is InChI=1S/C23H19N3O2/c1-16-9-5-6-10-17(16)15-24-22(27)21-19-13-7-8-14-20(19)23(28)26(25-21)18-11-3-2-4-12-18/h2-14H,15H2,1H3,(H,24,27). The SMILES string of the molecule is Cc1ccccc1CNC(=O)c1nn(-c2ccccc2)c(=O)c2ccccc12. The molecule has 0 aliphatic heterocycles. The molecule has 1 aromatic heterocycles. The lowest BCUT2D eigenvalue weighted by molar-refractivity contribution is 0.0946. The van der Waals surface area contributed by atoms with Crippen molar-refractivity contribution in [1.29, 1.82) is 0 Å². The van der Waals surface area contributed by atoms with E-state index in [2.05, 4.69) is 10.4 Å². The van der Waals surface area contributed by atoms with Crippen LogP contribution in [0.3, 0.4) is 0 Å². The van der Waals surface area contributed by atoms with Gasteiger partial charge in [-0.25, -0.2) is 0 Å². The number of hydrogen-bond donors (Lipinski definition) is 1. The van der Waals surface area contributed by atoms with Crippen LogP contribution in [0.1, 0.15) is 21.6 Å². The number of nitrogens with zero attached hydrogens (tertiary/aromatic N) is 2. The summed E-state index contributed by atoms with van der Waals surface area (Å²) in [6.07, 6.45) is 0. The summed E-state index contributed by atoms with van der Waals surface area (Å²) in [6, 6.07) is 24.1. The summed E-state index contributed by atoms with van der Waals surface area (Å²) in [5, 5.41) is 8.33. The molecule has 1 N–H and O–H groups in total. The summed E-state index contributed by atoms with van der Waals surface area (Å²) in [6.45, 7) is 2.40. The van der Waals surface area contributed by atoms with Gasteiger partial charge in [-0.3, -0.25) is 9.59 Å². The van der Waals surface area contributed by atoms with Gasteiger partial charge in [-0.15, -0.1) is 0 Å². The Bertz CT molecular complexity index is 1210. The Labute approximate surface area is 162 Å². The van der Waals surface area contributed by atoms with Crippen molar-refractivity contribution >= 4 is 16.7 Å². The molecule has 0 bridgehead atoms. The molecule has 28 heavy (non-hydrogen) atoms. The van der Waals surface area contributed by atoms with Crippen molar-refractivity contribution < 1.29 is 4.79 Å². The number of benzene rings is 3. The van der Waals surface area contributed by atoms with Crippen LogP contribution in [0.2, 0.25) is 0 Å². The molecule has 4 rings (SSSR count). The van der Waals surface area contributed by atoms with E-state index >= 15 is 0 Å². The summed E-state index contributed by atoms with van der Waals surface area (Å²) in [7, 11) is 0. The molecule has 4 aromatic rings. The Morgan fingerprint density at radius 3 is 2.29 bits per heavy atom. The Hall–Kier alpha value is -3.73. The summed E-state index contributed by atoms with van der Waals surface area (Å²) in [5.41, 5.74) is 2.74. The topological polar surface area (TPSA) is 64.0 Å². The van der Waals surface area contributed by atoms with Gasteiger partial charge in [0.05, 0.1) is 11.1 Å². The van der Waals surface area contributed by atoms with Crippen LogP contribution >= 0.6 is 0 Å². The number of nitrogens with one attached hydrogen (secondary N) is 1. The number of hydrogen-bond acceptors (Lipinski definition) is 3. The van der Waals surface area contributed by atoms with Crippen molar-refractivity contribution in [3.05, 3.63) is 106 Å². The molecule has 1 amide bonds. The molecule has 0 radical (unpaired) electrons. The van der Waals surface area contributed by atoms with Crippen LogP contribution in [0.4, 0.5) is 0 Å². The van der Waals surface area contributed by atoms with Gasteiger partial charge in [0.25, 0.3) is 11.5 Å². The predicted octanol–water partition coefficient (Wildman–Crippen LogP) is 3.62. The first-order valence-corrected chi connectivity index (χ1v) is 9.05. The normalized spacial score (nSPS) is 10.8. The highest BCUT2D eigenvalue weighted by Crippen LogP contribution is 2.15. The van der Waals surface area contributed by atoms with E-state index in [4.69, 9.17) is 0 Å². The van der Waals surface area contributed by atoms with Gasteiger partial charge in [-0.1, -0.05) is 60.7 Å². The fraction of sp³-hybridized carbons (Fsp3) is 0.0870. The second kappa shape index (κ2) is 7.48. The van der Waals surface area contributed by atoms with E-state index < -0.39 is 0 Å². The number of aryl methyl sites for hydroxylation is 1. The lowest BCUT2D eigenvalue weighted by Crippen LogP contribution is -2.30. The first kappa shape index (κ1) is 17.7. The number of fused-ring (bicyclic) bond motifs is 1. The van der Waals surface area contributed by atoms with Crippen molar-refractivity contribution in [3.63, 3.8) is 0 Å². The van der Waals surface area contributed by atoms with Gasteiger partial charge in [0.2, 0.25) is 0 Å². The third kappa shape index (κ3) is 3.30. The van der Waals surface area contributed by atoms with E-state index in [0.29, 0.717) is 23.0 Å². The van der Waals surface area contributed by atoms with Gasteiger partial charge >= 0.3 is 0 Å². The van der Waals surface area contributed by atoms with E-state index in [1.807, 2.05) is 49.4 Å². The van der Waals surface area contributed by atoms with E-state index in [-0.39, 0.29) is 17.2 Å². The summed E-state index contributed by atoms with van der Waals surface area (Å²) < 4.78 is 1.28. The first-order chi connectivity index (χ1) is 13.6. The summed E-state index contributed by atoms with van der Waals surface area (Å²) in [4.78, 5) is 25.8. The summed E-state index contributed by atoms with van der Waals surface area (Å²) in [5.74, 6) is -0.316. The average molecular weight is 369 g/mol. The van der Waals surface area contributed by atoms with Crippen molar-refractivity contribution in [2.75, 3.05) is 0 Å². The predicted molar refractivity (Wildman–Crippen MR) is 110 cm³/mol. The zero-order valence-electron chi connectivity index (χ0n) is 15.4. The first-order valence-electron chi connectivity index (χ1n) is 9.05. The van der Waals surface area contributed by atoms with Gasteiger partial charge in [0, 0.05) is 11.9 Å². The molecular formula is C23H19N3O2. The molecule has 5 nitrogen and oxygen atoms in total. The zero-order valence-corrected chi connectivity index (χ0v) is 15.4. The van der Waals surface area contributed by atoms with Crippen molar-refractivity contribution in [3.8, 4) is 5.69 Å². The Balaban J connectivity index is 1.77. The van der Waals surface area contributed by atoms with Crippen LogP contribution in [-0.4, -0.2) is 15.7 Å². The molecule has 0 atom stereocenters. The highest BCUT2D eigenvalue weighted by molar-refractivity contribution is 6.04. The minimum atomic E-state index is -0.316. The number of carbonyl (C=O) groups is 1. The van der Waals surface area contributed by atoms with Crippen LogP contribution in [0.5, 0.6) is 0 Å². The summed E-state index contributed by atoms with van der Waals surface area (Å²) >= 11 is 0. The molecular weight excluding hydrogens is 350 g/mol. The third-order valence-corrected chi connectivity index (χ3v) is 4.72. The maximum absolute atomic E-state index is 12.9. The van der Waals surface area contributed by atoms with Crippen LogP contribution in [0.15, 0.2) is 83.7 Å². The van der Waals surface area contributed by atoms with Gasteiger partial charge in [0.15, 0.2) is 5.69 Å². The van der Waals surface area contributed by atoms with E-state index in [1.165, 1.54) is 4.68 Å². The molecule has 138 valence electrons. The number of amides is 1. The smallest absolute Gasteiger partial charge is 0.279 e. The molecule has 0 aliphatic rings. The zero-order chi connectivity index (χ0) is 19.5. The second-order valence-corrected chi connectivity index (χ2v) is 6.56. The van der Waals surface area contributed by atoms with E-state index in [9.17, 15) is 9.59 Å². The lowest BCUT2D eigenvalue weighted by atomic mass is 10.1. The lowest BCUT2D eigenvalue weighted by Gasteiger charge is -2.12. The molecule has 0 aliphatic carbocycles. The number of carbonyl (C=O) groups excluding carboxylic acids is 1.